The molecule has 2 aromatic rings. The molecule has 1 aromatic carbocycles. The summed E-state index contributed by atoms with van der Waals surface area (Å²) in [5.74, 6) is -1.39. The summed E-state index contributed by atoms with van der Waals surface area (Å²) in [7, 11) is 0. The fraction of sp³-hybridized carbons (Fsp3) is 0.357. The number of urea groups is 1. The van der Waals surface area contributed by atoms with Gasteiger partial charge >= 0.3 is 12.2 Å². The smallest absolute Gasteiger partial charge is 0.334 e. The molecule has 0 atom stereocenters. The van der Waals surface area contributed by atoms with Crippen molar-refractivity contribution in [2.75, 3.05) is 6.54 Å². The highest BCUT2D eigenvalue weighted by molar-refractivity contribution is 5.74. The van der Waals surface area contributed by atoms with Crippen molar-refractivity contribution in [3.63, 3.8) is 0 Å². The summed E-state index contributed by atoms with van der Waals surface area (Å²) < 4.78 is 52.3. The average Bonchev–Trinajstić information content (AvgIpc) is 2.96. The van der Waals surface area contributed by atoms with Crippen LogP contribution in [0.1, 0.15) is 17.2 Å². The van der Waals surface area contributed by atoms with Crippen LogP contribution in [0.2, 0.25) is 0 Å². The molecule has 3 rings (SSSR count). The highest BCUT2D eigenvalue weighted by Crippen LogP contribution is 2.29. The minimum Gasteiger partial charge on any atom is -0.334 e. The van der Waals surface area contributed by atoms with Crippen molar-refractivity contribution in [1.29, 1.82) is 0 Å². The molecule has 10 heteroatoms. The van der Waals surface area contributed by atoms with Gasteiger partial charge in [-0.1, -0.05) is 12.1 Å². The summed E-state index contributed by atoms with van der Waals surface area (Å²) in [5, 5.41) is 9.27. The standard InChI is InChI=1S/C14H13F4N5O/c15-10-3-1-2-9(6-10)7-19-13(24)22-4-5-23-11(8-22)20-21-12(23)14(16,17)18/h1-3,6H,4-5,7-8H2,(H,19,24). The maximum atomic E-state index is 13.1. The van der Waals surface area contributed by atoms with E-state index in [4.69, 9.17) is 0 Å². The van der Waals surface area contributed by atoms with Gasteiger partial charge in [-0.2, -0.15) is 13.2 Å². The zero-order valence-corrected chi connectivity index (χ0v) is 12.3. The Hall–Kier alpha value is -2.65. The van der Waals surface area contributed by atoms with Crippen molar-refractivity contribution < 1.29 is 22.4 Å². The minimum absolute atomic E-state index is 0.0371. The van der Waals surface area contributed by atoms with Gasteiger partial charge in [-0.3, -0.25) is 0 Å². The van der Waals surface area contributed by atoms with Gasteiger partial charge in [-0.15, -0.1) is 10.2 Å². The lowest BCUT2D eigenvalue weighted by molar-refractivity contribution is -0.147. The van der Waals surface area contributed by atoms with E-state index < -0.39 is 23.8 Å². The van der Waals surface area contributed by atoms with Crippen LogP contribution in [0.4, 0.5) is 22.4 Å². The molecule has 128 valence electrons. The van der Waals surface area contributed by atoms with Gasteiger partial charge in [0.1, 0.15) is 5.82 Å². The first kappa shape index (κ1) is 16.2. The molecule has 0 saturated carbocycles. The minimum atomic E-state index is -4.58. The first-order chi connectivity index (χ1) is 11.3. The van der Waals surface area contributed by atoms with Crippen LogP contribution in [-0.4, -0.2) is 32.2 Å². The number of fused-ring (bicyclic) bond motifs is 1. The average molecular weight is 343 g/mol. The van der Waals surface area contributed by atoms with E-state index in [-0.39, 0.29) is 32.0 Å². The molecule has 2 amide bonds. The molecule has 0 unspecified atom stereocenters. The normalized spacial score (nSPS) is 14.4. The molecule has 0 saturated heterocycles. The van der Waals surface area contributed by atoms with Gasteiger partial charge in [0, 0.05) is 19.6 Å². The van der Waals surface area contributed by atoms with Gasteiger partial charge in [-0.25, -0.2) is 9.18 Å². The number of carbonyl (C=O) groups is 1. The third-order valence-electron chi connectivity index (χ3n) is 3.63. The first-order valence-electron chi connectivity index (χ1n) is 7.11. The Balaban J connectivity index is 1.63. The predicted octanol–water partition coefficient (Wildman–Crippen LogP) is 2.16. The molecule has 2 heterocycles. The summed E-state index contributed by atoms with van der Waals surface area (Å²) in [4.78, 5) is 13.4. The summed E-state index contributed by atoms with van der Waals surface area (Å²) in [5.41, 5.74) is 0.586. The van der Waals surface area contributed by atoms with Gasteiger partial charge in [0.15, 0.2) is 5.82 Å². The summed E-state index contributed by atoms with van der Waals surface area (Å²) in [6.45, 7) is 0.110. The topological polar surface area (TPSA) is 63.1 Å². The van der Waals surface area contributed by atoms with Crippen LogP contribution in [0.5, 0.6) is 0 Å². The van der Waals surface area contributed by atoms with Crippen LogP contribution < -0.4 is 5.32 Å². The van der Waals surface area contributed by atoms with Gasteiger partial charge in [-0.05, 0) is 17.7 Å². The number of amides is 2. The maximum Gasteiger partial charge on any atom is 0.451 e. The fourth-order valence-corrected chi connectivity index (χ4v) is 2.48. The van der Waals surface area contributed by atoms with E-state index in [1.165, 1.54) is 23.1 Å². The molecule has 1 aromatic heterocycles. The number of aromatic nitrogens is 3. The number of halogens is 4. The lowest BCUT2D eigenvalue weighted by Gasteiger charge is -2.28. The van der Waals surface area contributed by atoms with Crippen LogP contribution in [0, 0.1) is 5.82 Å². The molecule has 0 fully saturated rings. The summed E-state index contributed by atoms with van der Waals surface area (Å²) in [6.07, 6.45) is -4.58. The number of nitrogens with zero attached hydrogens (tertiary/aromatic N) is 4. The van der Waals surface area contributed by atoms with Crippen LogP contribution in [0.25, 0.3) is 0 Å². The van der Waals surface area contributed by atoms with E-state index in [1.54, 1.807) is 6.07 Å². The molecule has 0 radical (unpaired) electrons. The number of carbonyl (C=O) groups excluding carboxylic acids is 1. The molecule has 0 aliphatic carbocycles. The second-order valence-corrected chi connectivity index (χ2v) is 5.30. The van der Waals surface area contributed by atoms with Crippen molar-refractivity contribution in [2.24, 2.45) is 0 Å². The molecule has 6 nitrogen and oxygen atoms in total. The Morgan fingerprint density at radius 3 is 2.75 bits per heavy atom. The van der Waals surface area contributed by atoms with Crippen LogP contribution >= 0.6 is 0 Å². The molecule has 0 bridgehead atoms. The molecule has 1 N–H and O–H groups in total. The van der Waals surface area contributed by atoms with Crippen molar-refractivity contribution in [3.8, 4) is 0 Å². The predicted molar refractivity (Wildman–Crippen MR) is 74.1 cm³/mol. The highest BCUT2D eigenvalue weighted by atomic mass is 19.4. The van der Waals surface area contributed by atoms with Crippen molar-refractivity contribution in [3.05, 3.63) is 47.3 Å². The summed E-state index contributed by atoms with van der Waals surface area (Å²) in [6, 6.07) is 5.32. The Morgan fingerprint density at radius 1 is 1.25 bits per heavy atom. The van der Waals surface area contributed by atoms with Gasteiger partial charge in [0.25, 0.3) is 0 Å². The largest absolute Gasteiger partial charge is 0.451 e. The number of hydrogen-bond acceptors (Lipinski definition) is 3. The zero-order chi connectivity index (χ0) is 17.3. The van der Waals surface area contributed by atoms with Gasteiger partial charge in [0.2, 0.25) is 5.82 Å². The quantitative estimate of drug-likeness (QED) is 0.850. The Morgan fingerprint density at radius 2 is 2.04 bits per heavy atom. The second kappa shape index (κ2) is 6.10. The zero-order valence-electron chi connectivity index (χ0n) is 12.3. The lowest BCUT2D eigenvalue weighted by atomic mass is 10.2. The number of alkyl halides is 3. The van der Waals surface area contributed by atoms with E-state index >= 15 is 0 Å². The van der Waals surface area contributed by atoms with Crippen LogP contribution in [0.3, 0.4) is 0 Å². The molecular formula is C14H13F4N5O. The molecular weight excluding hydrogens is 330 g/mol. The van der Waals surface area contributed by atoms with E-state index in [1.807, 2.05) is 0 Å². The number of hydrogen-bond donors (Lipinski definition) is 1. The highest BCUT2D eigenvalue weighted by Gasteiger charge is 2.39. The third-order valence-corrected chi connectivity index (χ3v) is 3.63. The molecule has 0 spiro atoms. The Bertz CT molecular complexity index is 758. The number of rotatable bonds is 2. The second-order valence-electron chi connectivity index (χ2n) is 5.30. The SMILES string of the molecule is O=C(NCc1cccc(F)c1)N1CCn2c(nnc2C(F)(F)F)C1. The van der Waals surface area contributed by atoms with Crippen molar-refractivity contribution in [2.45, 2.75) is 25.8 Å². The van der Waals surface area contributed by atoms with E-state index in [0.29, 0.717) is 5.56 Å². The maximum absolute atomic E-state index is 13.1. The lowest BCUT2D eigenvalue weighted by Crippen LogP contribution is -2.44. The monoisotopic (exact) mass is 343 g/mol. The van der Waals surface area contributed by atoms with Crippen molar-refractivity contribution in [1.82, 2.24) is 25.0 Å². The van der Waals surface area contributed by atoms with E-state index in [0.717, 1.165) is 4.57 Å². The first-order valence-corrected chi connectivity index (χ1v) is 7.11. The molecule has 1 aliphatic rings. The Labute approximate surface area is 134 Å². The fourth-order valence-electron chi connectivity index (χ4n) is 2.48. The van der Waals surface area contributed by atoms with Crippen molar-refractivity contribution >= 4 is 6.03 Å². The third kappa shape index (κ3) is 3.31. The van der Waals surface area contributed by atoms with Crippen LogP contribution in [0.15, 0.2) is 24.3 Å². The van der Waals surface area contributed by atoms with Gasteiger partial charge in [0.05, 0.1) is 6.54 Å². The van der Waals surface area contributed by atoms with Crippen LogP contribution in [-0.2, 0) is 25.8 Å². The Kier molecular flexibility index (Phi) is 4.12. The van der Waals surface area contributed by atoms with Gasteiger partial charge < -0.3 is 14.8 Å². The molecule has 1 aliphatic heterocycles. The number of nitrogens with one attached hydrogen (secondary N) is 1. The summed E-state index contributed by atoms with van der Waals surface area (Å²) >= 11 is 0. The number of benzene rings is 1. The van der Waals surface area contributed by atoms with E-state index in [2.05, 4.69) is 15.5 Å². The van der Waals surface area contributed by atoms with E-state index in [9.17, 15) is 22.4 Å². The molecule has 24 heavy (non-hydrogen) atoms.